The summed E-state index contributed by atoms with van der Waals surface area (Å²) >= 11 is 0. The zero-order valence-corrected chi connectivity index (χ0v) is 29.2. The maximum absolute atomic E-state index is 10.1. The van der Waals surface area contributed by atoms with Crippen molar-refractivity contribution in [2.24, 2.45) is 34.5 Å². The molecule has 0 saturated heterocycles. The van der Waals surface area contributed by atoms with Crippen molar-refractivity contribution in [1.29, 1.82) is 0 Å². The molecule has 236 valence electrons. The molecule has 5 atom stereocenters. The summed E-state index contributed by atoms with van der Waals surface area (Å²) < 4.78 is 0. The Morgan fingerprint density at radius 1 is 0.683 bits per heavy atom. The van der Waals surface area contributed by atoms with E-state index in [0.717, 1.165) is 24.7 Å². The van der Waals surface area contributed by atoms with E-state index >= 15 is 0 Å². The zero-order valence-electron chi connectivity index (χ0n) is 29.2. The van der Waals surface area contributed by atoms with Crippen molar-refractivity contribution in [1.82, 2.24) is 0 Å². The average Bonchev–Trinajstić information content (AvgIpc) is 2.84. The Bertz CT molecular complexity index is 894. The van der Waals surface area contributed by atoms with Gasteiger partial charge in [-0.15, -0.1) is 0 Å². The Balaban J connectivity index is 1.55. The van der Waals surface area contributed by atoms with E-state index < -0.39 is 0 Å². The molecule has 0 aromatic rings. The summed E-state index contributed by atoms with van der Waals surface area (Å²) in [7, 11) is 0. The van der Waals surface area contributed by atoms with Gasteiger partial charge in [0, 0.05) is 0 Å². The van der Waals surface area contributed by atoms with Crippen molar-refractivity contribution >= 4 is 0 Å². The van der Waals surface area contributed by atoms with Crippen molar-refractivity contribution in [3.8, 4) is 0 Å². The van der Waals surface area contributed by atoms with E-state index in [1.165, 1.54) is 94.6 Å². The normalized spacial score (nSPS) is 24.3. The van der Waals surface area contributed by atoms with Crippen LogP contribution in [0.1, 0.15) is 166 Å². The number of aliphatic hydroxyl groups excluding tert-OH is 1. The van der Waals surface area contributed by atoms with E-state index in [4.69, 9.17) is 0 Å². The fourth-order valence-corrected chi connectivity index (χ4v) is 7.75. The van der Waals surface area contributed by atoms with Gasteiger partial charge in [0.25, 0.3) is 0 Å². The van der Waals surface area contributed by atoms with Gasteiger partial charge in [0.2, 0.25) is 0 Å². The van der Waals surface area contributed by atoms with Crippen LogP contribution in [0.2, 0.25) is 0 Å². The molecule has 2 aliphatic carbocycles. The molecule has 0 heterocycles. The number of allylic oxidation sites excluding steroid dienone is 7. The molecular formula is C40H70O. The molecule has 1 heteroatoms. The number of hydrogen-bond acceptors (Lipinski definition) is 1. The first-order valence-corrected chi connectivity index (χ1v) is 17.7. The molecule has 0 aromatic heterocycles. The largest absolute Gasteiger partial charge is 0.393 e. The highest BCUT2D eigenvalue weighted by Gasteiger charge is 2.31. The Kier molecular flexibility index (Phi) is 15.2. The monoisotopic (exact) mass is 567 g/mol. The quantitative estimate of drug-likeness (QED) is 0.174. The minimum absolute atomic E-state index is 0.0863. The van der Waals surface area contributed by atoms with Crippen molar-refractivity contribution in [3.63, 3.8) is 0 Å². The van der Waals surface area contributed by atoms with Crippen molar-refractivity contribution in [2.45, 2.75) is 172 Å². The summed E-state index contributed by atoms with van der Waals surface area (Å²) in [5, 5.41) is 10.1. The first-order valence-electron chi connectivity index (χ1n) is 17.7. The molecule has 0 spiro atoms. The predicted molar refractivity (Wildman–Crippen MR) is 183 cm³/mol. The maximum Gasteiger partial charge on any atom is 0.0585 e. The van der Waals surface area contributed by atoms with Crippen LogP contribution in [0, 0.1) is 34.5 Å². The predicted octanol–water partition coefficient (Wildman–Crippen LogP) is 12.6. The molecule has 2 aliphatic rings. The summed E-state index contributed by atoms with van der Waals surface area (Å²) in [5.41, 5.74) is 6.49. The van der Waals surface area contributed by atoms with Crippen LogP contribution in [-0.4, -0.2) is 11.2 Å². The number of hydrogen-bond donors (Lipinski definition) is 1. The van der Waals surface area contributed by atoms with Gasteiger partial charge in [-0.25, -0.2) is 0 Å². The highest BCUT2D eigenvalue weighted by atomic mass is 16.3. The van der Waals surface area contributed by atoms with Gasteiger partial charge in [-0.3, -0.25) is 0 Å². The Morgan fingerprint density at radius 2 is 1.15 bits per heavy atom. The topological polar surface area (TPSA) is 20.2 Å². The molecule has 0 aromatic carbocycles. The third-order valence-electron chi connectivity index (χ3n) is 10.6. The van der Waals surface area contributed by atoms with Gasteiger partial charge in [0.05, 0.1) is 6.10 Å². The zero-order chi connectivity index (χ0) is 30.6. The minimum Gasteiger partial charge on any atom is -0.393 e. The van der Waals surface area contributed by atoms with Crippen LogP contribution >= 0.6 is 0 Å². The van der Waals surface area contributed by atoms with E-state index in [9.17, 15) is 5.11 Å². The highest BCUT2D eigenvalue weighted by Crippen LogP contribution is 2.42. The lowest BCUT2D eigenvalue weighted by Crippen LogP contribution is -2.28. The molecule has 0 saturated carbocycles. The third kappa shape index (κ3) is 13.0. The summed E-state index contributed by atoms with van der Waals surface area (Å²) in [6, 6.07) is 0. The van der Waals surface area contributed by atoms with Crippen LogP contribution in [0.15, 0.2) is 46.6 Å². The SMILES string of the molecule is CC1=C(/C=C/C(C)CCCC(C)CCCCC(C)CCCC(C)/C=C/C2=C(C)C[C@@H](O)CC2(C)C)C(C)(C)CCC1. The van der Waals surface area contributed by atoms with Crippen LogP contribution in [-0.2, 0) is 0 Å². The fourth-order valence-electron chi connectivity index (χ4n) is 7.75. The van der Waals surface area contributed by atoms with Crippen LogP contribution in [0.3, 0.4) is 0 Å². The molecule has 0 aliphatic heterocycles. The number of aliphatic hydroxyl groups is 1. The second-order valence-corrected chi connectivity index (χ2v) is 16.1. The Hall–Kier alpha value is -1.08. The van der Waals surface area contributed by atoms with Gasteiger partial charge in [-0.2, -0.15) is 0 Å². The summed E-state index contributed by atoms with van der Waals surface area (Å²) in [6.07, 6.45) is 29.0. The van der Waals surface area contributed by atoms with Gasteiger partial charge in [-0.05, 0) is 104 Å². The fraction of sp³-hybridized carbons (Fsp3) is 0.800. The van der Waals surface area contributed by atoms with Crippen molar-refractivity contribution < 1.29 is 5.11 Å². The second kappa shape index (κ2) is 17.3. The summed E-state index contributed by atoms with van der Waals surface area (Å²) in [6.45, 7) is 23.7. The molecule has 0 radical (unpaired) electrons. The molecule has 2 rings (SSSR count). The van der Waals surface area contributed by atoms with E-state index in [2.05, 4.69) is 93.5 Å². The summed E-state index contributed by atoms with van der Waals surface area (Å²) in [4.78, 5) is 0. The van der Waals surface area contributed by atoms with Gasteiger partial charge >= 0.3 is 0 Å². The van der Waals surface area contributed by atoms with E-state index in [1.54, 1.807) is 11.1 Å². The number of unbranched alkanes of at least 4 members (excludes halogenated alkanes) is 1. The van der Waals surface area contributed by atoms with E-state index in [0.29, 0.717) is 17.3 Å². The smallest absolute Gasteiger partial charge is 0.0585 e. The second-order valence-electron chi connectivity index (χ2n) is 16.1. The Labute approximate surface area is 257 Å². The van der Waals surface area contributed by atoms with E-state index in [-0.39, 0.29) is 11.5 Å². The lowest BCUT2D eigenvalue weighted by Gasteiger charge is -2.36. The lowest BCUT2D eigenvalue weighted by atomic mass is 9.71. The van der Waals surface area contributed by atoms with Crippen molar-refractivity contribution in [2.75, 3.05) is 0 Å². The molecule has 1 N–H and O–H groups in total. The van der Waals surface area contributed by atoms with Gasteiger partial charge < -0.3 is 5.11 Å². The summed E-state index contributed by atoms with van der Waals surface area (Å²) in [5.74, 6) is 3.04. The first-order chi connectivity index (χ1) is 19.2. The molecule has 4 unspecified atom stereocenters. The molecule has 0 fully saturated rings. The van der Waals surface area contributed by atoms with Crippen LogP contribution in [0.4, 0.5) is 0 Å². The average molecular weight is 567 g/mol. The van der Waals surface area contributed by atoms with Gasteiger partial charge in [0.15, 0.2) is 0 Å². The number of rotatable bonds is 17. The minimum atomic E-state index is -0.174. The van der Waals surface area contributed by atoms with Crippen LogP contribution in [0.25, 0.3) is 0 Å². The molecule has 0 amide bonds. The van der Waals surface area contributed by atoms with Gasteiger partial charge in [0.1, 0.15) is 0 Å². The molecular weight excluding hydrogens is 496 g/mol. The first kappa shape index (κ1) is 36.1. The standard InChI is InChI=1S/C40H70O/c1-30(18-13-20-32(3)23-25-37-34(5)22-15-27-39(37,7)8)16-11-12-17-31(2)19-14-21-33(4)24-26-38-35(6)28-36(41)29-40(38,9)10/h23-26,30-33,36,41H,11-22,27-29H2,1-10H3/b25-23+,26-24+/t30?,31?,32?,33?,36-/m1/s1. The highest BCUT2D eigenvalue weighted by molar-refractivity contribution is 5.34. The van der Waals surface area contributed by atoms with Crippen LogP contribution in [0.5, 0.6) is 0 Å². The van der Waals surface area contributed by atoms with E-state index in [1.807, 2.05) is 0 Å². The van der Waals surface area contributed by atoms with Crippen LogP contribution < -0.4 is 0 Å². The lowest BCUT2D eigenvalue weighted by molar-refractivity contribution is 0.116. The third-order valence-corrected chi connectivity index (χ3v) is 10.6. The maximum atomic E-state index is 10.1. The van der Waals surface area contributed by atoms with Crippen molar-refractivity contribution in [3.05, 3.63) is 46.6 Å². The molecule has 41 heavy (non-hydrogen) atoms. The molecule has 1 nitrogen and oxygen atoms in total. The molecule has 0 bridgehead atoms. The van der Waals surface area contributed by atoms with Gasteiger partial charge in [-0.1, -0.05) is 142 Å². The Morgan fingerprint density at radius 3 is 1.61 bits per heavy atom.